The molecule has 1 aliphatic heterocycles. The third-order valence-corrected chi connectivity index (χ3v) is 5.85. The smallest absolute Gasteiger partial charge is 0.345 e. The van der Waals surface area contributed by atoms with Gasteiger partial charge in [0.2, 0.25) is 0 Å². The molecule has 0 saturated heterocycles. The standard InChI is InChI=1S/C31H30N2O4/c1-3-36-30(34)28(31(35)37-4-2)21-24-16-19-27(20-17-24)33-29(25-13-9-6-10-14-25)22-26(32-33)18-15-23-11-7-5-8-12-23/h5-21,29H,3-4,22H2,1-2H3. The van der Waals surface area contributed by atoms with Crippen LogP contribution in [0.3, 0.4) is 0 Å². The molecule has 0 saturated carbocycles. The molecule has 3 aromatic rings. The maximum absolute atomic E-state index is 12.3. The van der Waals surface area contributed by atoms with E-state index in [0.717, 1.165) is 23.4 Å². The lowest BCUT2D eigenvalue weighted by molar-refractivity contribution is -0.146. The third kappa shape index (κ3) is 6.61. The fourth-order valence-corrected chi connectivity index (χ4v) is 4.07. The molecule has 188 valence electrons. The van der Waals surface area contributed by atoms with E-state index in [9.17, 15) is 9.59 Å². The van der Waals surface area contributed by atoms with Crippen LogP contribution < -0.4 is 5.01 Å². The Morgan fingerprint density at radius 1 is 0.811 bits per heavy atom. The van der Waals surface area contributed by atoms with E-state index in [2.05, 4.69) is 36.4 Å². The Bertz CT molecular complexity index is 1280. The van der Waals surface area contributed by atoms with Gasteiger partial charge in [-0.15, -0.1) is 0 Å². The van der Waals surface area contributed by atoms with Gasteiger partial charge in [-0.1, -0.05) is 78.9 Å². The minimum atomic E-state index is -0.701. The average molecular weight is 495 g/mol. The molecule has 1 atom stereocenters. The lowest BCUT2D eigenvalue weighted by atomic mass is 10.0. The molecule has 37 heavy (non-hydrogen) atoms. The maximum atomic E-state index is 12.3. The minimum Gasteiger partial charge on any atom is -0.462 e. The molecule has 0 N–H and O–H groups in total. The number of carbonyl (C=O) groups is 2. The molecule has 0 radical (unpaired) electrons. The summed E-state index contributed by atoms with van der Waals surface area (Å²) in [5.74, 6) is -1.40. The van der Waals surface area contributed by atoms with Gasteiger partial charge in [0, 0.05) is 6.42 Å². The van der Waals surface area contributed by atoms with Crippen molar-refractivity contribution >= 4 is 35.5 Å². The number of hydrazone groups is 1. The van der Waals surface area contributed by atoms with Crippen LogP contribution in [0.15, 0.2) is 102 Å². The third-order valence-electron chi connectivity index (χ3n) is 5.85. The maximum Gasteiger partial charge on any atom is 0.345 e. The van der Waals surface area contributed by atoms with Gasteiger partial charge in [0.25, 0.3) is 0 Å². The molecule has 0 amide bonds. The first kappa shape index (κ1) is 25.6. The summed E-state index contributed by atoms with van der Waals surface area (Å²) in [5, 5.41) is 6.95. The lowest BCUT2D eigenvalue weighted by Gasteiger charge is -2.24. The van der Waals surface area contributed by atoms with Crippen LogP contribution in [-0.4, -0.2) is 30.9 Å². The van der Waals surface area contributed by atoms with Gasteiger partial charge >= 0.3 is 11.9 Å². The van der Waals surface area contributed by atoms with Crippen molar-refractivity contribution in [2.24, 2.45) is 5.10 Å². The van der Waals surface area contributed by atoms with Crippen molar-refractivity contribution in [3.8, 4) is 0 Å². The van der Waals surface area contributed by atoms with E-state index in [4.69, 9.17) is 14.6 Å². The summed E-state index contributed by atoms with van der Waals surface area (Å²) in [6.45, 7) is 3.73. The fraction of sp³-hybridized carbons (Fsp3) is 0.194. The highest BCUT2D eigenvalue weighted by Crippen LogP contribution is 2.35. The molecule has 0 aliphatic carbocycles. The second-order valence-electron chi connectivity index (χ2n) is 8.40. The molecule has 6 nitrogen and oxygen atoms in total. The Morgan fingerprint density at radius 2 is 1.41 bits per heavy atom. The fourth-order valence-electron chi connectivity index (χ4n) is 4.07. The minimum absolute atomic E-state index is 0.0487. The average Bonchev–Trinajstić information content (AvgIpc) is 3.36. The zero-order chi connectivity index (χ0) is 26.0. The Hall–Kier alpha value is -4.45. The predicted octanol–water partition coefficient (Wildman–Crippen LogP) is 6.22. The number of esters is 2. The summed E-state index contributed by atoms with van der Waals surface area (Å²) < 4.78 is 10.1. The number of hydrogen-bond donors (Lipinski definition) is 0. The van der Waals surface area contributed by atoms with Crippen LogP contribution >= 0.6 is 0 Å². The largest absolute Gasteiger partial charge is 0.462 e. The summed E-state index contributed by atoms with van der Waals surface area (Å²) in [7, 11) is 0. The molecular formula is C31H30N2O4. The first-order valence-electron chi connectivity index (χ1n) is 12.4. The van der Waals surface area contributed by atoms with Crippen molar-refractivity contribution in [1.82, 2.24) is 0 Å². The molecule has 0 aromatic heterocycles. The van der Waals surface area contributed by atoms with Crippen molar-refractivity contribution in [2.45, 2.75) is 26.3 Å². The van der Waals surface area contributed by atoms with Gasteiger partial charge in [0.15, 0.2) is 0 Å². The van der Waals surface area contributed by atoms with Gasteiger partial charge in [-0.2, -0.15) is 5.10 Å². The topological polar surface area (TPSA) is 68.2 Å². The monoisotopic (exact) mass is 494 g/mol. The van der Waals surface area contributed by atoms with Crippen LogP contribution in [0, 0.1) is 0 Å². The van der Waals surface area contributed by atoms with Crippen LogP contribution in [-0.2, 0) is 19.1 Å². The summed E-state index contributed by atoms with van der Waals surface area (Å²) in [5.41, 5.74) is 4.73. The van der Waals surface area contributed by atoms with Gasteiger partial charge < -0.3 is 9.47 Å². The second kappa shape index (κ2) is 12.5. The van der Waals surface area contributed by atoms with Crippen LogP contribution in [0.5, 0.6) is 0 Å². The molecule has 1 unspecified atom stereocenters. The van der Waals surface area contributed by atoms with Crippen molar-refractivity contribution in [2.75, 3.05) is 18.2 Å². The van der Waals surface area contributed by atoms with E-state index in [1.165, 1.54) is 11.6 Å². The van der Waals surface area contributed by atoms with Gasteiger partial charge in [0.05, 0.1) is 30.7 Å². The Balaban J connectivity index is 1.62. The SMILES string of the molecule is CCOC(=O)C(=Cc1ccc(N2N=C(C=Cc3ccccc3)CC2c2ccccc2)cc1)C(=O)OCC. The van der Waals surface area contributed by atoms with E-state index < -0.39 is 11.9 Å². The zero-order valence-electron chi connectivity index (χ0n) is 21.0. The number of rotatable bonds is 9. The number of benzene rings is 3. The first-order valence-corrected chi connectivity index (χ1v) is 12.4. The molecule has 0 bridgehead atoms. The number of ether oxygens (including phenoxy) is 2. The summed E-state index contributed by atoms with van der Waals surface area (Å²) in [4.78, 5) is 24.6. The quantitative estimate of drug-likeness (QED) is 0.153. The number of anilines is 1. The molecule has 0 spiro atoms. The van der Waals surface area contributed by atoms with Gasteiger partial charge in [0.1, 0.15) is 5.57 Å². The highest BCUT2D eigenvalue weighted by molar-refractivity contribution is 6.17. The van der Waals surface area contributed by atoms with E-state index in [0.29, 0.717) is 5.56 Å². The highest BCUT2D eigenvalue weighted by atomic mass is 16.6. The molecule has 1 aliphatic rings. The van der Waals surface area contributed by atoms with Crippen molar-refractivity contribution in [1.29, 1.82) is 0 Å². The lowest BCUT2D eigenvalue weighted by Crippen LogP contribution is -2.19. The Kier molecular flexibility index (Phi) is 8.66. The highest BCUT2D eigenvalue weighted by Gasteiger charge is 2.28. The molecule has 1 heterocycles. The first-order chi connectivity index (χ1) is 18.1. The van der Waals surface area contributed by atoms with E-state index in [1.54, 1.807) is 13.8 Å². The molecular weight excluding hydrogens is 464 g/mol. The predicted molar refractivity (Wildman–Crippen MR) is 147 cm³/mol. The molecule has 4 rings (SSSR count). The second-order valence-corrected chi connectivity index (χ2v) is 8.40. The Labute approximate surface area is 217 Å². The summed E-state index contributed by atoms with van der Waals surface area (Å²) >= 11 is 0. The summed E-state index contributed by atoms with van der Waals surface area (Å²) in [6, 6.07) is 28.1. The van der Waals surface area contributed by atoms with E-state index in [1.807, 2.05) is 65.7 Å². The van der Waals surface area contributed by atoms with Crippen molar-refractivity contribution < 1.29 is 19.1 Å². The zero-order valence-corrected chi connectivity index (χ0v) is 21.0. The van der Waals surface area contributed by atoms with E-state index in [-0.39, 0.29) is 24.8 Å². The molecule has 0 fully saturated rings. The van der Waals surface area contributed by atoms with Crippen LogP contribution in [0.1, 0.15) is 43.0 Å². The number of allylic oxidation sites excluding steroid dienone is 1. The molecule has 6 heteroatoms. The van der Waals surface area contributed by atoms with Crippen LogP contribution in [0.2, 0.25) is 0 Å². The van der Waals surface area contributed by atoms with Crippen LogP contribution in [0.4, 0.5) is 5.69 Å². The van der Waals surface area contributed by atoms with E-state index >= 15 is 0 Å². The van der Waals surface area contributed by atoms with Crippen molar-refractivity contribution in [3.63, 3.8) is 0 Å². The van der Waals surface area contributed by atoms with Gasteiger partial charge in [-0.25, -0.2) is 9.59 Å². The number of hydrogen-bond acceptors (Lipinski definition) is 6. The number of nitrogens with zero attached hydrogens (tertiary/aromatic N) is 2. The number of carbonyl (C=O) groups excluding carboxylic acids is 2. The van der Waals surface area contributed by atoms with Gasteiger partial charge in [-0.05, 0) is 54.8 Å². The summed E-state index contributed by atoms with van der Waals surface area (Å²) in [6.07, 6.45) is 6.40. The molecule has 3 aromatic carbocycles. The normalized spacial score (nSPS) is 14.8. The van der Waals surface area contributed by atoms with Crippen molar-refractivity contribution in [3.05, 3.63) is 113 Å². The Morgan fingerprint density at radius 3 is 2.00 bits per heavy atom. The van der Waals surface area contributed by atoms with Crippen LogP contribution in [0.25, 0.3) is 12.2 Å². The van der Waals surface area contributed by atoms with Gasteiger partial charge in [-0.3, -0.25) is 5.01 Å².